The Hall–Kier alpha value is -3.52. The molecule has 0 saturated heterocycles. The molecule has 1 aromatic heterocycles. The number of hydrogen-bond donors (Lipinski definition) is 0. The standard InChI is InChI=1S/C30H34N2O5S/c1-4-20(2)16-31(30(34)22-7-10-26-27(15-22)37-19-36-26)17-29(33)32-13-11-28-24(12-14-38-28)25(32)18-35-23-8-5-21(3)6-9-23/h5-10,12,14-15,20,25H,4,11,13,16-19H2,1-3H3/t20-,25+/m0/s1. The summed E-state index contributed by atoms with van der Waals surface area (Å²) < 4.78 is 17.0. The van der Waals surface area contributed by atoms with Crippen LogP contribution in [0.1, 0.15) is 52.7 Å². The van der Waals surface area contributed by atoms with Gasteiger partial charge < -0.3 is 24.0 Å². The molecule has 38 heavy (non-hydrogen) atoms. The first-order valence-corrected chi connectivity index (χ1v) is 14.0. The van der Waals surface area contributed by atoms with E-state index in [0.717, 1.165) is 24.2 Å². The van der Waals surface area contributed by atoms with Gasteiger partial charge in [-0.1, -0.05) is 38.0 Å². The number of aryl methyl sites for hydroxylation is 1. The van der Waals surface area contributed by atoms with Crippen LogP contribution in [-0.4, -0.2) is 54.6 Å². The van der Waals surface area contributed by atoms with E-state index in [-0.39, 0.29) is 37.1 Å². The number of ether oxygens (including phenoxy) is 3. The summed E-state index contributed by atoms with van der Waals surface area (Å²) in [6.45, 7) is 7.85. The van der Waals surface area contributed by atoms with Crippen molar-refractivity contribution in [3.8, 4) is 17.2 Å². The first kappa shape index (κ1) is 26.1. The van der Waals surface area contributed by atoms with Crippen LogP contribution in [0.25, 0.3) is 0 Å². The zero-order valence-electron chi connectivity index (χ0n) is 22.1. The topological polar surface area (TPSA) is 68.3 Å². The minimum atomic E-state index is -0.204. The second kappa shape index (κ2) is 11.5. The van der Waals surface area contributed by atoms with Gasteiger partial charge in [-0.05, 0) is 66.6 Å². The third-order valence-corrected chi connectivity index (χ3v) is 8.30. The predicted octanol–water partition coefficient (Wildman–Crippen LogP) is 5.48. The molecule has 3 aromatic rings. The summed E-state index contributed by atoms with van der Waals surface area (Å²) >= 11 is 1.72. The highest BCUT2D eigenvalue weighted by molar-refractivity contribution is 7.10. The van der Waals surface area contributed by atoms with Crippen LogP contribution in [0.2, 0.25) is 0 Å². The van der Waals surface area contributed by atoms with Crippen LogP contribution in [-0.2, 0) is 11.2 Å². The van der Waals surface area contributed by atoms with Gasteiger partial charge in [-0.25, -0.2) is 0 Å². The van der Waals surface area contributed by atoms with Gasteiger partial charge in [0.1, 0.15) is 18.9 Å². The van der Waals surface area contributed by atoms with Gasteiger partial charge in [0, 0.05) is 23.5 Å². The highest BCUT2D eigenvalue weighted by Crippen LogP contribution is 2.35. The average molecular weight is 535 g/mol. The first-order valence-electron chi connectivity index (χ1n) is 13.2. The van der Waals surface area contributed by atoms with Crippen molar-refractivity contribution in [1.29, 1.82) is 0 Å². The van der Waals surface area contributed by atoms with Gasteiger partial charge in [-0.2, -0.15) is 0 Å². The number of thiophene rings is 1. The molecule has 0 spiro atoms. The molecule has 5 rings (SSSR count). The molecule has 8 heteroatoms. The van der Waals surface area contributed by atoms with E-state index in [1.807, 2.05) is 36.1 Å². The van der Waals surface area contributed by atoms with E-state index >= 15 is 0 Å². The zero-order chi connectivity index (χ0) is 26.6. The van der Waals surface area contributed by atoms with Crippen LogP contribution in [0.4, 0.5) is 0 Å². The fourth-order valence-electron chi connectivity index (χ4n) is 4.88. The quantitative estimate of drug-likeness (QED) is 0.364. The number of amides is 2. The Bertz CT molecular complexity index is 1290. The Kier molecular flexibility index (Phi) is 7.88. The van der Waals surface area contributed by atoms with Gasteiger partial charge in [0.05, 0.1) is 6.04 Å². The number of nitrogens with zero attached hydrogens (tertiary/aromatic N) is 2. The highest BCUT2D eigenvalue weighted by atomic mass is 32.1. The molecule has 2 aliphatic rings. The van der Waals surface area contributed by atoms with E-state index in [4.69, 9.17) is 14.2 Å². The van der Waals surface area contributed by atoms with Crippen LogP contribution < -0.4 is 14.2 Å². The third kappa shape index (κ3) is 5.65. The average Bonchev–Trinajstić information content (AvgIpc) is 3.60. The van der Waals surface area contributed by atoms with Gasteiger partial charge in [0.25, 0.3) is 5.91 Å². The van der Waals surface area contributed by atoms with Crippen molar-refractivity contribution in [3.05, 3.63) is 75.5 Å². The Morgan fingerprint density at radius 1 is 1.13 bits per heavy atom. The smallest absolute Gasteiger partial charge is 0.254 e. The van der Waals surface area contributed by atoms with E-state index in [2.05, 4.69) is 25.3 Å². The number of hydrogen-bond acceptors (Lipinski definition) is 6. The fraction of sp³-hybridized carbons (Fsp3) is 0.400. The van der Waals surface area contributed by atoms with Crippen LogP contribution in [0.5, 0.6) is 17.2 Å². The fourth-order valence-corrected chi connectivity index (χ4v) is 5.80. The normalized spacial score (nSPS) is 16.6. The van der Waals surface area contributed by atoms with E-state index in [1.165, 1.54) is 10.4 Å². The first-order chi connectivity index (χ1) is 18.4. The van der Waals surface area contributed by atoms with E-state index in [9.17, 15) is 9.59 Å². The Balaban J connectivity index is 1.35. The largest absolute Gasteiger partial charge is 0.491 e. The van der Waals surface area contributed by atoms with Gasteiger partial charge in [0.2, 0.25) is 12.7 Å². The van der Waals surface area contributed by atoms with Gasteiger partial charge in [-0.3, -0.25) is 9.59 Å². The summed E-state index contributed by atoms with van der Waals surface area (Å²) in [6, 6.07) is 15.0. The molecule has 0 bridgehead atoms. The van der Waals surface area contributed by atoms with Crippen molar-refractivity contribution in [1.82, 2.24) is 9.80 Å². The summed E-state index contributed by atoms with van der Waals surface area (Å²) in [7, 11) is 0. The van der Waals surface area contributed by atoms with Gasteiger partial charge >= 0.3 is 0 Å². The van der Waals surface area contributed by atoms with Crippen molar-refractivity contribution in [2.45, 2.75) is 39.7 Å². The lowest BCUT2D eigenvalue weighted by Gasteiger charge is -2.37. The van der Waals surface area contributed by atoms with E-state index < -0.39 is 0 Å². The van der Waals surface area contributed by atoms with Gasteiger partial charge in [-0.15, -0.1) is 11.3 Å². The maximum atomic E-state index is 13.8. The van der Waals surface area contributed by atoms with Crippen LogP contribution in [0.15, 0.2) is 53.9 Å². The lowest BCUT2D eigenvalue weighted by Crippen LogP contribution is -2.48. The maximum absolute atomic E-state index is 13.8. The van der Waals surface area contributed by atoms with Crippen molar-refractivity contribution in [2.75, 3.05) is 33.0 Å². The second-order valence-electron chi connectivity index (χ2n) is 10.0. The maximum Gasteiger partial charge on any atom is 0.254 e. The van der Waals surface area contributed by atoms with Crippen molar-refractivity contribution >= 4 is 23.2 Å². The molecule has 0 radical (unpaired) electrons. The minimum absolute atomic E-state index is 0.0120. The lowest BCUT2D eigenvalue weighted by atomic mass is 10.00. The van der Waals surface area contributed by atoms with Crippen molar-refractivity contribution < 1.29 is 23.8 Å². The van der Waals surface area contributed by atoms with Crippen molar-refractivity contribution in [3.63, 3.8) is 0 Å². The number of fused-ring (bicyclic) bond motifs is 2. The summed E-state index contributed by atoms with van der Waals surface area (Å²) in [5.41, 5.74) is 2.79. The Morgan fingerprint density at radius 2 is 1.92 bits per heavy atom. The molecule has 0 N–H and O–H groups in total. The molecule has 2 aliphatic heterocycles. The minimum Gasteiger partial charge on any atom is -0.491 e. The molecular formula is C30H34N2O5S. The number of benzene rings is 2. The van der Waals surface area contributed by atoms with Crippen LogP contribution >= 0.6 is 11.3 Å². The molecule has 2 amide bonds. The summed E-state index contributed by atoms with van der Waals surface area (Å²) in [5.74, 6) is 1.96. The Labute approximate surface area is 227 Å². The molecule has 2 aromatic carbocycles. The zero-order valence-corrected chi connectivity index (χ0v) is 23.0. The van der Waals surface area contributed by atoms with E-state index in [1.54, 1.807) is 34.4 Å². The number of carbonyl (C=O) groups excluding carboxylic acids is 2. The summed E-state index contributed by atoms with van der Waals surface area (Å²) in [6.07, 6.45) is 1.72. The highest BCUT2D eigenvalue weighted by Gasteiger charge is 2.34. The second-order valence-corrected chi connectivity index (χ2v) is 11.0. The van der Waals surface area contributed by atoms with Gasteiger partial charge in [0.15, 0.2) is 11.5 Å². The van der Waals surface area contributed by atoms with E-state index in [0.29, 0.717) is 36.8 Å². The number of carbonyl (C=O) groups is 2. The SMILES string of the molecule is CC[C@H](C)CN(CC(=O)N1CCc2sccc2[C@H]1COc1ccc(C)cc1)C(=O)c1ccc2c(c1)OCO2. The predicted molar refractivity (Wildman–Crippen MR) is 147 cm³/mol. The van der Waals surface area contributed by atoms with Crippen LogP contribution in [0, 0.1) is 12.8 Å². The number of rotatable bonds is 9. The molecule has 2 atom stereocenters. The molecule has 3 heterocycles. The summed E-state index contributed by atoms with van der Waals surface area (Å²) in [4.78, 5) is 32.3. The molecular weight excluding hydrogens is 500 g/mol. The monoisotopic (exact) mass is 534 g/mol. The third-order valence-electron chi connectivity index (χ3n) is 7.31. The Morgan fingerprint density at radius 3 is 2.71 bits per heavy atom. The van der Waals surface area contributed by atoms with Crippen LogP contribution in [0.3, 0.4) is 0 Å². The molecule has 0 aliphatic carbocycles. The van der Waals surface area contributed by atoms with Crippen molar-refractivity contribution in [2.24, 2.45) is 5.92 Å². The molecule has 0 unspecified atom stereocenters. The molecule has 0 fully saturated rings. The molecule has 0 saturated carbocycles. The lowest BCUT2D eigenvalue weighted by molar-refractivity contribution is -0.135. The molecule has 200 valence electrons. The molecule has 7 nitrogen and oxygen atoms in total. The summed E-state index contributed by atoms with van der Waals surface area (Å²) in [5, 5.41) is 2.08.